The summed E-state index contributed by atoms with van der Waals surface area (Å²) in [6, 6.07) is 17.0. The van der Waals surface area contributed by atoms with E-state index in [1.165, 1.54) is 22.7 Å². The average molecular weight is 735 g/mol. The molecule has 2 aromatic heterocycles. The Hall–Kier alpha value is -4.53. The van der Waals surface area contributed by atoms with Crippen molar-refractivity contribution in [3.8, 4) is 0 Å². The molecule has 272 valence electrons. The van der Waals surface area contributed by atoms with Crippen molar-refractivity contribution in [1.82, 2.24) is 25.9 Å². The van der Waals surface area contributed by atoms with Gasteiger partial charge in [-0.15, -0.1) is 22.7 Å². The SMILES string of the molecule is CC(C)[C@H](NC(=O)OCc1csc(N2CCCC2)n1)C(=O)NC(Cc1ccccc1)CC(O)C(Cc1ccccc1)NC(=O)OCc1cncs1. The van der Waals surface area contributed by atoms with Crippen molar-refractivity contribution in [3.63, 3.8) is 0 Å². The molecule has 5 rings (SSSR count). The summed E-state index contributed by atoms with van der Waals surface area (Å²) in [5.41, 5.74) is 4.19. The maximum atomic E-state index is 13.8. The van der Waals surface area contributed by atoms with Crippen LogP contribution in [0.1, 0.15) is 54.8 Å². The molecule has 0 bridgehead atoms. The Bertz CT molecular complexity index is 1650. The van der Waals surface area contributed by atoms with E-state index in [9.17, 15) is 19.5 Å². The van der Waals surface area contributed by atoms with Gasteiger partial charge in [0, 0.05) is 30.7 Å². The van der Waals surface area contributed by atoms with Gasteiger partial charge in [0.05, 0.1) is 28.2 Å². The number of nitrogens with zero attached hydrogens (tertiary/aromatic N) is 3. The van der Waals surface area contributed by atoms with Gasteiger partial charge in [-0.25, -0.2) is 14.6 Å². The molecule has 14 heteroatoms. The fourth-order valence-electron chi connectivity index (χ4n) is 5.89. The number of thiazole rings is 2. The van der Waals surface area contributed by atoms with Gasteiger partial charge in [-0.2, -0.15) is 0 Å². The van der Waals surface area contributed by atoms with E-state index in [1.807, 2.05) is 79.9 Å². The molecule has 51 heavy (non-hydrogen) atoms. The number of hydrogen-bond acceptors (Lipinski definition) is 11. The first kappa shape index (κ1) is 37.7. The minimum absolute atomic E-state index is 0.00607. The van der Waals surface area contributed by atoms with Crippen LogP contribution in [0.25, 0.3) is 0 Å². The molecule has 12 nitrogen and oxygen atoms in total. The molecule has 3 unspecified atom stereocenters. The Morgan fingerprint density at radius 1 is 0.863 bits per heavy atom. The number of hydrogen-bond donors (Lipinski definition) is 4. The van der Waals surface area contributed by atoms with Gasteiger partial charge in [0.2, 0.25) is 5.91 Å². The van der Waals surface area contributed by atoms with E-state index in [0.29, 0.717) is 18.5 Å². The van der Waals surface area contributed by atoms with Crippen LogP contribution in [-0.2, 0) is 40.3 Å². The van der Waals surface area contributed by atoms with E-state index in [-0.39, 0.29) is 25.6 Å². The molecule has 4 atom stereocenters. The monoisotopic (exact) mass is 734 g/mol. The number of aliphatic hydroxyl groups excluding tert-OH is 1. The molecule has 0 radical (unpaired) electrons. The highest BCUT2D eigenvalue weighted by atomic mass is 32.1. The van der Waals surface area contributed by atoms with E-state index in [4.69, 9.17) is 9.47 Å². The van der Waals surface area contributed by atoms with Crippen molar-refractivity contribution < 1.29 is 29.0 Å². The second-order valence-electron chi connectivity index (χ2n) is 12.9. The number of ether oxygens (including phenoxy) is 2. The van der Waals surface area contributed by atoms with Gasteiger partial charge < -0.3 is 35.4 Å². The third-order valence-corrected chi connectivity index (χ3v) is 10.3. The number of benzene rings is 2. The van der Waals surface area contributed by atoms with Crippen molar-refractivity contribution in [2.75, 3.05) is 18.0 Å². The number of aromatic nitrogens is 2. The molecule has 0 saturated carbocycles. The number of nitrogens with one attached hydrogen (secondary N) is 3. The summed E-state index contributed by atoms with van der Waals surface area (Å²) in [5, 5.41) is 23.1. The van der Waals surface area contributed by atoms with Gasteiger partial charge in [0.25, 0.3) is 0 Å². The lowest BCUT2D eigenvalue weighted by Crippen LogP contribution is -2.54. The van der Waals surface area contributed by atoms with Crippen LogP contribution in [0, 0.1) is 5.92 Å². The van der Waals surface area contributed by atoms with Crippen LogP contribution in [0.2, 0.25) is 0 Å². The number of anilines is 1. The van der Waals surface area contributed by atoms with Crippen molar-refractivity contribution in [2.45, 2.75) is 83.4 Å². The number of alkyl carbamates (subject to hydrolysis) is 2. The molecular weight excluding hydrogens is 689 g/mol. The Kier molecular flexibility index (Phi) is 14.2. The third kappa shape index (κ3) is 12.0. The first-order valence-corrected chi connectivity index (χ1v) is 19.0. The minimum Gasteiger partial charge on any atom is -0.444 e. The van der Waals surface area contributed by atoms with E-state index in [2.05, 4.69) is 30.8 Å². The molecule has 3 amide bonds. The maximum Gasteiger partial charge on any atom is 0.408 e. The van der Waals surface area contributed by atoms with Gasteiger partial charge in [0.1, 0.15) is 19.3 Å². The Balaban J connectivity index is 1.23. The topological polar surface area (TPSA) is 155 Å². The first-order valence-electron chi connectivity index (χ1n) is 17.2. The number of carbonyl (C=O) groups excluding carboxylic acids is 3. The Morgan fingerprint density at radius 2 is 1.51 bits per heavy atom. The fraction of sp³-hybridized carbons (Fsp3) is 0.432. The van der Waals surface area contributed by atoms with Gasteiger partial charge in [0.15, 0.2) is 5.13 Å². The Labute approximate surface area is 306 Å². The van der Waals surface area contributed by atoms with Crippen LogP contribution in [0.3, 0.4) is 0 Å². The molecular formula is C37H46N6O6S2. The summed E-state index contributed by atoms with van der Waals surface area (Å²) in [7, 11) is 0. The quantitative estimate of drug-likeness (QED) is 0.111. The minimum atomic E-state index is -1.06. The lowest BCUT2D eigenvalue weighted by atomic mass is 9.93. The fourth-order valence-corrected chi connectivity index (χ4v) is 7.26. The average Bonchev–Trinajstić information content (AvgIpc) is 3.93. The van der Waals surface area contributed by atoms with Crippen molar-refractivity contribution in [3.05, 3.63) is 99.4 Å². The predicted octanol–water partition coefficient (Wildman–Crippen LogP) is 5.47. The summed E-state index contributed by atoms with van der Waals surface area (Å²) in [4.78, 5) is 51.2. The van der Waals surface area contributed by atoms with E-state index in [1.54, 1.807) is 11.7 Å². The normalized spacial score (nSPS) is 15.1. The predicted molar refractivity (Wildman–Crippen MR) is 198 cm³/mol. The molecule has 0 aliphatic carbocycles. The first-order chi connectivity index (χ1) is 24.7. The van der Waals surface area contributed by atoms with Gasteiger partial charge in [-0.05, 0) is 49.1 Å². The molecule has 4 aromatic rings. The van der Waals surface area contributed by atoms with Crippen LogP contribution in [-0.4, -0.2) is 70.5 Å². The highest BCUT2D eigenvalue weighted by molar-refractivity contribution is 7.13. The standard InChI is InChI=1S/C37H46N6O6S2/c1-25(2)33(42-37(47)48-21-29-23-50-35(40-29)43-15-9-10-16-43)34(45)39-28(17-26-11-5-3-6-12-26)19-32(44)31(18-27-13-7-4-8-14-27)41-36(46)49-22-30-20-38-24-51-30/h3-8,11-14,20,23-25,28,31-33,44H,9-10,15-19,21-22H2,1-2H3,(H,39,45)(H,41,46)(H,42,47)/t28?,31?,32?,33-/m0/s1. The molecule has 1 aliphatic rings. The number of rotatable bonds is 17. The lowest BCUT2D eigenvalue weighted by Gasteiger charge is -2.30. The molecule has 1 aliphatic heterocycles. The van der Waals surface area contributed by atoms with Crippen LogP contribution < -0.4 is 20.9 Å². The van der Waals surface area contributed by atoms with Gasteiger partial charge >= 0.3 is 12.2 Å². The van der Waals surface area contributed by atoms with Gasteiger partial charge in [-0.3, -0.25) is 9.78 Å². The summed E-state index contributed by atoms with van der Waals surface area (Å²) in [5.74, 6) is -0.668. The summed E-state index contributed by atoms with van der Waals surface area (Å²) < 4.78 is 10.9. The maximum absolute atomic E-state index is 13.8. The van der Waals surface area contributed by atoms with Crippen LogP contribution in [0.4, 0.5) is 14.7 Å². The highest BCUT2D eigenvalue weighted by Gasteiger charge is 2.30. The smallest absolute Gasteiger partial charge is 0.408 e. The van der Waals surface area contributed by atoms with Gasteiger partial charge in [-0.1, -0.05) is 74.5 Å². The lowest BCUT2D eigenvalue weighted by molar-refractivity contribution is -0.125. The number of aliphatic hydroxyl groups is 1. The third-order valence-electron chi connectivity index (χ3n) is 8.58. The van der Waals surface area contributed by atoms with Crippen LogP contribution >= 0.6 is 22.7 Å². The van der Waals surface area contributed by atoms with Crippen molar-refractivity contribution >= 4 is 45.9 Å². The molecule has 1 saturated heterocycles. The van der Waals surface area contributed by atoms with Crippen molar-refractivity contribution in [1.29, 1.82) is 0 Å². The summed E-state index contributed by atoms with van der Waals surface area (Å²) in [6.07, 6.45) is 2.34. The molecule has 1 fully saturated rings. The second-order valence-corrected chi connectivity index (χ2v) is 14.7. The zero-order valence-electron chi connectivity index (χ0n) is 28.9. The molecule has 0 spiro atoms. The van der Waals surface area contributed by atoms with E-state index in [0.717, 1.165) is 47.1 Å². The van der Waals surface area contributed by atoms with Crippen molar-refractivity contribution in [2.24, 2.45) is 5.92 Å². The van der Waals surface area contributed by atoms with Crippen LogP contribution in [0.15, 0.2) is 77.8 Å². The molecule has 4 N–H and O–H groups in total. The highest BCUT2D eigenvalue weighted by Crippen LogP contribution is 2.24. The van der Waals surface area contributed by atoms with E-state index >= 15 is 0 Å². The molecule has 3 heterocycles. The van der Waals surface area contributed by atoms with E-state index < -0.39 is 42.3 Å². The summed E-state index contributed by atoms with van der Waals surface area (Å²) >= 11 is 2.91. The van der Waals surface area contributed by atoms with Crippen LogP contribution in [0.5, 0.6) is 0 Å². The summed E-state index contributed by atoms with van der Waals surface area (Å²) in [6.45, 7) is 5.69. The molecule has 2 aromatic carbocycles. The largest absolute Gasteiger partial charge is 0.444 e. The second kappa shape index (κ2) is 19.2. The zero-order chi connectivity index (χ0) is 36.0. The number of amides is 3. The number of carbonyl (C=O) groups is 3. The Morgan fingerprint density at radius 3 is 2.16 bits per heavy atom. The zero-order valence-corrected chi connectivity index (χ0v) is 30.5.